The molecule has 0 radical (unpaired) electrons. The van der Waals surface area contributed by atoms with Crippen LogP contribution in [0.5, 0.6) is 5.75 Å². The maximum Gasteiger partial charge on any atom is 0.151 e. The van der Waals surface area contributed by atoms with Crippen molar-refractivity contribution in [3.05, 3.63) is 71.8 Å². The lowest BCUT2D eigenvalue weighted by molar-refractivity contribution is 0.144. The first-order chi connectivity index (χ1) is 13.4. The van der Waals surface area contributed by atoms with Crippen molar-refractivity contribution >= 4 is 12.4 Å². The molecule has 1 aliphatic heterocycles. The summed E-state index contributed by atoms with van der Waals surface area (Å²) in [5.41, 5.74) is 2.53. The van der Waals surface area contributed by atoms with Crippen LogP contribution in [-0.4, -0.2) is 20.9 Å². The number of nitrogens with zero attached hydrogens (tertiary/aromatic N) is 3. The Hall–Kier alpha value is -2.37. The van der Waals surface area contributed by atoms with Gasteiger partial charge in [-0.2, -0.15) is 0 Å². The van der Waals surface area contributed by atoms with Gasteiger partial charge in [-0.25, -0.2) is 0 Å². The van der Waals surface area contributed by atoms with Crippen LogP contribution in [0.25, 0.3) is 5.69 Å². The van der Waals surface area contributed by atoms with Gasteiger partial charge in [0, 0.05) is 12.5 Å². The van der Waals surface area contributed by atoms with Crippen molar-refractivity contribution in [1.82, 2.24) is 20.1 Å². The Morgan fingerprint density at radius 1 is 0.857 bits per heavy atom. The van der Waals surface area contributed by atoms with Crippen molar-refractivity contribution in [3.8, 4) is 11.4 Å². The second kappa shape index (κ2) is 8.33. The molecule has 1 aromatic heterocycles. The van der Waals surface area contributed by atoms with E-state index in [1.165, 1.54) is 11.3 Å². The fraction of sp³-hybridized carbons (Fsp3) is 0.364. The zero-order chi connectivity index (χ0) is 18.1. The molecular weight excluding hydrogens is 372 g/mol. The highest BCUT2D eigenvalue weighted by Gasteiger charge is 2.29. The molecule has 1 N–H and O–H groups in total. The van der Waals surface area contributed by atoms with Gasteiger partial charge in [0.25, 0.3) is 0 Å². The van der Waals surface area contributed by atoms with Crippen molar-refractivity contribution < 1.29 is 4.74 Å². The van der Waals surface area contributed by atoms with E-state index in [1.807, 2.05) is 30.3 Å². The molecule has 2 aromatic carbocycles. The number of halogens is 1. The summed E-state index contributed by atoms with van der Waals surface area (Å²) >= 11 is 0. The highest BCUT2D eigenvalue weighted by atomic mass is 35.5. The van der Waals surface area contributed by atoms with Crippen LogP contribution in [0, 0.1) is 0 Å². The molecule has 1 fully saturated rings. The molecule has 0 amide bonds. The molecule has 6 heteroatoms. The third-order valence-electron chi connectivity index (χ3n) is 5.67. The Morgan fingerprint density at radius 2 is 1.61 bits per heavy atom. The van der Waals surface area contributed by atoms with Gasteiger partial charge in [0.2, 0.25) is 0 Å². The lowest BCUT2D eigenvalue weighted by Gasteiger charge is -2.29. The number of fused-ring (bicyclic) bond motifs is 3. The van der Waals surface area contributed by atoms with Crippen molar-refractivity contribution in [2.75, 3.05) is 0 Å². The van der Waals surface area contributed by atoms with E-state index in [2.05, 4.69) is 44.3 Å². The molecule has 146 valence electrons. The molecule has 28 heavy (non-hydrogen) atoms. The van der Waals surface area contributed by atoms with E-state index >= 15 is 0 Å². The van der Waals surface area contributed by atoms with Gasteiger partial charge in [0.1, 0.15) is 11.6 Å². The van der Waals surface area contributed by atoms with Crippen LogP contribution >= 0.6 is 12.4 Å². The number of nitrogens with one attached hydrogen (secondary N) is 1. The normalized spacial score (nSPS) is 21.0. The van der Waals surface area contributed by atoms with Crippen molar-refractivity contribution in [2.24, 2.45) is 0 Å². The van der Waals surface area contributed by atoms with Crippen molar-refractivity contribution in [1.29, 1.82) is 0 Å². The topological polar surface area (TPSA) is 52.0 Å². The monoisotopic (exact) mass is 396 g/mol. The molecule has 5 rings (SSSR count). The molecule has 1 aliphatic carbocycles. The van der Waals surface area contributed by atoms with Gasteiger partial charge in [0.05, 0.1) is 18.3 Å². The van der Waals surface area contributed by atoms with E-state index < -0.39 is 0 Å². The second-order valence-corrected chi connectivity index (χ2v) is 7.45. The number of rotatable bonds is 3. The minimum Gasteiger partial charge on any atom is -0.490 e. The van der Waals surface area contributed by atoms with Crippen LogP contribution in [0.2, 0.25) is 0 Å². The highest BCUT2D eigenvalue weighted by Crippen LogP contribution is 2.35. The second-order valence-electron chi connectivity index (χ2n) is 7.45. The molecule has 2 aliphatic rings. The van der Waals surface area contributed by atoms with E-state index in [0.29, 0.717) is 12.0 Å². The first kappa shape index (κ1) is 19.0. The van der Waals surface area contributed by atoms with Crippen LogP contribution in [0.1, 0.15) is 48.8 Å². The van der Waals surface area contributed by atoms with Crippen molar-refractivity contribution in [3.63, 3.8) is 0 Å². The summed E-state index contributed by atoms with van der Waals surface area (Å²) in [5.74, 6) is 3.53. The summed E-state index contributed by atoms with van der Waals surface area (Å²) < 4.78 is 8.45. The zero-order valence-corrected chi connectivity index (χ0v) is 16.6. The van der Waals surface area contributed by atoms with E-state index in [4.69, 9.17) is 4.74 Å². The summed E-state index contributed by atoms with van der Waals surface area (Å²) in [5, 5.41) is 12.6. The Balaban J connectivity index is 0.00000192. The Kier molecular flexibility index (Phi) is 5.64. The third kappa shape index (κ3) is 3.64. The van der Waals surface area contributed by atoms with Crippen LogP contribution in [0.15, 0.2) is 54.6 Å². The number of para-hydroxylation sites is 2. The first-order valence-corrected chi connectivity index (χ1v) is 9.83. The average molecular weight is 397 g/mol. The SMILES string of the molecule is Cl.c1ccc(OC2CCC(c3nnc4n3-c3ccccc3CNC4)CC2)cc1. The zero-order valence-electron chi connectivity index (χ0n) is 15.8. The van der Waals surface area contributed by atoms with Crippen LogP contribution in [0.4, 0.5) is 0 Å². The molecule has 2 heterocycles. The molecule has 0 atom stereocenters. The van der Waals surface area contributed by atoms with E-state index in [1.54, 1.807) is 0 Å². The fourth-order valence-electron chi connectivity index (χ4n) is 4.29. The van der Waals surface area contributed by atoms with Crippen LogP contribution in [-0.2, 0) is 13.1 Å². The molecule has 0 saturated heterocycles. The quantitative estimate of drug-likeness (QED) is 0.713. The molecule has 0 unspecified atom stereocenters. The Bertz CT molecular complexity index is 919. The van der Waals surface area contributed by atoms with Gasteiger partial charge < -0.3 is 10.1 Å². The predicted octanol–water partition coefficient (Wildman–Crippen LogP) is 4.40. The summed E-state index contributed by atoms with van der Waals surface area (Å²) in [6.07, 6.45) is 4.59. The highest BCUT2D eigenvalue weighted by molar-refractivity contribution is 5.85. The predicted molar refractivity (Wildman–Crippen MR) is 111 cm³/mol. The summed E-state index contributed by atoms with van der Waals surface area (Å²) in [7, 11) is 0. The van der Waals surface area contributed by atoms with Crippen molar-refractivity contribution in [2.45, 2.75) is 50.8 Å². The summed E-state index contributed by atoms with van der Waals surface area (Å²) in [6, 6.07) is 18.7. The van der Waals surface area contributed by atoms with E-state index in [0.717, 1.165) is 56.2 Å². The minimum absolute atomic E-state index is 0. The molecule has 0 spiro atoms. The first-order valence-electron chi connectivity index (χ1n) is 9.83. The number of aromatic nitrogens is 3. The number of hydrogen-bond acceptors (Lipinski definition) is 4. The molecule has 5 nitrogen and oxygen atoms in total. The van der Waals surface area contributed by atoms with Gasteiger partial charge in [-0.05, 0) is 49.4 Å². The molecule has 3 aromatic rings. The smallest absolute Gasteiger partial charge is 0.151 e. The van der Waals surface area contributed by atoms with Crippen LogP contribution < -0.4 is 10.1 Å². The van der Waals surface area contributed by atoms with Gasteiger partial charge in [0.15, 0.2) is 5.82 Å². The molecular formula is C22H25ClN4O. The Morgan fingerprint density at radius 3 is 2.43 bits per heavy atom. The average Bonchev–Trinajstić information content (AvgIpc) is 3.05. The largest absolute Gasteiger partial charge is 0.490 e. The maximum atomic E-state index is 6.16. The third-order valence-corrected chi connectivity index (χ3v) is 5.67. The van der Waals surface area contributed by atoms with Gasteiger partial charge in [-0.15, -0.1) is 22.6 Å². The molecule has 0 bridgehead atoms. The minimum atomic E-state index is 0. The van der Waals surface area contributed by atoms with Crippen LogP contribution in [0.3, 0.4) is 0 Å². The fourth-order valence-corrected chi connectivity index (χ4v) is 4.29. The summed E-state index contributed by atoms with van der Waals surface area (Å²) in [6.45, 7) is 1.63. The van der Waals surface area contributed by atoms with Gasteiger partial charge >= 0.3 is 0 Å². The number of hydrogen-bond donors (Lipinski definition) is 1. The lowest BCUT2D eigenvalue weighted by Crippen LogP contribution is -2.24. The maximum absolute atomic E-state index is 6.16. The number of benzene rings is 2. The Labute approximate surface area is 171 Å². The number of ether oxygens (including phenoxy) is 1. The van der Waals surface area contributed by atoms with E-state index in [-0.39, 0.29) is 12.4 Å². The summed E-state index contributed by atoms with van der Waals surface area (Å²) in [4.78, 5) is 0. The lowest BCUT2D eigenvalue weighted by atomic mass is 9.86. The van der Waals surface area contributed by atoms with Gasteiger partial charge in [-0.1, -0.05) is 36.4 Å². The standard InChI is InChI=1S/C22H24N4O.ClH/c1-2-7-18(8-3-1)27-19-12-10-16(11-13-19)22-25-24-21-15-23-14-17-6-4-5-9-20(17)26(21)22;/h1-9,16,19,23H,10-15H2;1H. The molecule has 1 saturated carbocycles. The van der Waals surface area contributed by atoms with E-state index in [9.17, 15) is 0 Å². The van der Waals surface area contributed by atoms with Gasteiger partial charge in [-0.3, -0.25) is 4.57 Å².